The van der Waals surface area contributed by atoms with Gasteiger partial charge in [-0.25, -0.2) is 0 Å². The van der Waals surface area contributed by atoms with Gasteiger partial charge in [0.15, 0.2) is 0 Å². The molecule has 156 valence electrons. The molecule has 1 aromatic rings. The summed E-state index contributed by atoms with van der Waals surface area (Å²) in [4.78, 5) is 0. The number of aryl methyl sites for hydroxylation is 1. The first-order valence-electron chi connectivity index (χ1n) is 11.6. The smallest absolute Gasteiger partial charge is 0.0809 e. The number of aliphatic hydroxyl groups excluding tert-OH is 2. The van der Waals surface area contributed by atoms with Gasteiger partial charge in [0.1, 0.15) is 0 Å². The van der Waals surface area contributed by atoms with Gasteiger partial charge in [0.2, 0.25) is 0 Å². The van der Waals surface area contributed by atoms with E-state index in [1.807, 2.05) is 0 Å². The van der Waals surface area contributed by atoms with E-state index in [4.69, 9.17) is 0 Å². The highest BCUT2D eigenvalue weighted by Gasteiger charge is 2.59. The number of hydrogen-bond donors (Lipinski definition) is 2. The minimum Gasteiger partial charge on any atom is -0.393 e. The highest BCUT2D eigenvalue weighted by Crippen LogP contribution is 2.65. The van der Waals surface area contributed by atoms with E-state index in [0.29, 0.717) is 17.8 Å². The van der Waals surface area contributed by atoms with Gasteiger partial charge in [0, 0.05) is 5.41 Å². The zero-order valence-corrected chi connectivity index (χ0v) is 18.2. The van der Waals surface area contributed by atoms with Crippen molar-refractivity contribution < 1.29 is 10.2 Å². The molecule has 0 heterocycles. The maximum Gasteiger partial charge on any atom is 0.0809 e. The number of aliphatic hydroxyl groups is 2. The van der Waals surface area contributed by atoms with Gasteiger partial charge in [-0.15, -0.1) is 0 Å². The van der Waals surface area contributed by atoms with Crippen LogP contribution < -0.4 is 0 Å². The molecular formula is C27H36O2. The van der Waals surface area contributed by atoms with Gasteiger partial charge in [-0.2, -0.15) is 0 Å². The van der Waals surface area contributed by atoms with Crippen LogP contribution in [0.2, 0.25) is 0 Å². The third-order valence-electron chi connectivity index (χ3n) is 9.38. The summed E-state index contributed by atoms with van der Waals surface area (Å²) in [5.74, 6) is 1.93. The Morgan fingerprint density at radius 2 is 1.72 bits per heavy atom. The van der Waals surface area contributed by atoms with Crippen molar-refractivity contribution in [2.24, 2.45) is 28.6 Å². The monoisotopic (exact) mass is 392 g/mol. The summed E-state index contributed by atoms with van der Waals surface area (Å²) in [5, 5.41) is 21.6. The third-order valence-corrected chi connectivity index (χ3v) is 9.38. The summed E-state index contributed by atoms with van der Waals surface area (Å²) in [6.45, 7) is 6.94. The van der Waals surface area contributed by atoms with E-state index in [1.54, 1.807) is 0 Å². The largest absolute Gasteiger partial charge is 0.393 e. The van der Waals surface area contributed by atoms with Crippen molar-refractivity contribution in [1.82, 2.24) is 0 Å². The molecule has 5 rings (SSSR count). The normalized spacial score (nSPS) is 45.3. The first-order chi connectivity index (χ1) is 13.8. The third kappa shape index (κ3) is 2.98. The van der Waals surface area contributed by atoms with E-state index in [2.05, 4.69) is 57.2 Å². The minimum atomic E-state index is -0.318. The Balaban J connectivity index is 1.46. The molecule has 0 aliphatic heterocycles. The van der Waals surface area contributed by atoms with Crippen LogP contribution >= 0.6 is 0 Å². The van der Waals surface area contributed by atoms with Crippen LogP contribution in [0.4, 0.5) is 0 Å². The predicted molar refractivity (Wildman–Crippen MR) is 118 cm³/mol. The number of benzene rings is 1. The summed E-state index contributed by atoms with van der Waals surface area (Å²) >= 11 is 0. The van der Waals surface area contributed by atoms with E-state index in [-0.39, 0.29) is 23.0 Å². The molecule has 0 bridgehead atoms. The van der Waals surface area contributed by atoms with E-state index in [1.165, 1.54) is 28.7 Å². The molecule has 0 aromatic heterocycles. The molecule has 0 radical (unpaired) electrons. The Kier molecular flexibility index (Phi) is 4.60. The Morgan fingerprint density at radius 3 is 2.48 bits per heavy atom. The maximum absolute atomic E-state index is 11.4. The highest BCUT2D eigenvalue weighted by atomic mass is 16.3. The number of allylic oxidation sites excluding steroid dienone is 1. The Bertz CT molecular complexity index is 850. The van der Waals surface area contributed by atoms with Gasteiger partial charge in [-0.05, 0) is 86.2 Å². The quantitative estimate of drug-likeness (QED) is 0.604. The molecule has 2 nitrogen and oxygen atoms in total. The summed E-state index contributed by atoms with van der Waals surface area (Å²) in [5.41, 5.74) is 5.52. The van der Waals surface area contributed by atoms with Crippen LogP contribution in [0.15, 0.2) is 41.5 Å². The number of hydrogen-bond acceptors (Lipinski definition) is 2. The standard InChI is InChI=1S/C27H36O2/c1-17-4-6-18(7-5-17)14-19-15-24-22-9-8-20-16-21(28)10-12-26(20,2)23(22)11-13-27(24,3)25(19)29/h4-8,14,21-25,28-29H,9-13,15-16H2,1-3H3. The summed E-state index contributed by atoms with van der Waals surface area (Å²) < 4.78 is 0. The van der Waals surface area contributed by atoms with E-state index >= 15 is 0 Å². The highest BCUT2D eigenvalue weighted by molar-refractivity contribution is 5.56. The molecule has 0 saturated heterocycles. The molecule has 2 N–H and O–H groups in total. The van der Waals surface area contributed by atoms with Crippen LogP contribution in [0.25, 0.3) is 6.08 Å². The SMILES string of the molecule is Cc1ccc(C=C2CC3C4CC=C5CC(O)CCC5(C)C4CCC3(C)C2O)cc1. The zero-order valence-electron chi connectivity index (χ0n) is 18.2. The van der Waals surface area contributed by atoms with Gasteiger partial charge in [0.05, 0.1) is 12.2 Å². The molecule has 3 fully saturated rings. The lowest BCUT2D eigenvalue weighted by Gasteiger charge is -2.57. The summed E-state index contributed by atoms with van der Waals surface area (Å²) in [7, 11) is 0. The zero-order chi connectivity index (χ0) is 20.4. The van der Waals surface area contributed by atoms with Crippen molar-refractivity contribution in [3.8, 4) is 0 Å². The molecule has 0 spiro atoms. The second-order valence-corrected chi connectivity index (χ2v) is 10.9. The van der Waals surface area contributed by atoms with Crippen LogP contribution in [0.5, 0.6) is 0 Å². The van der Waals surface area contributed by atoms with Crippen molar-refractivity contribution in [2.75, 3.05) is 0 Å². The average molecular weight is 393 g/mol. The lowest BCUT2D eigenvalue weighted by Crippen LogP contribution is -2.51. The van der Waals surface area contributed by atoms with Gasteiger partial charge >= 0.3 is 0 Å². The van der Waals surface area contributed by atoms with Gasteiger partial charge in [0.25, 0.3) is 0 Å². The topological polar surface area (TPSA) is 40.5 Å². The lowest BCUT2D eigenvalue weighted by atomic mass is 9.48. The van der Waals surface area contributed by atoms with E-state index in [0.717, 1.165) is 38.5 Å². The molecule has 3 saturated carbocycles. The van der Waals surface area contributed by atoms with Gasteiger partial charge in [-0.3, -0.25) is 0 Å². The maximum atomic E-state index is 11.4. The molecular weight excluding hydrogens is 356 g/mol. The van der Waals surface area contributed by atoms with E-state index in [9.17, 15) is 10.2 Å². The second kappa shape index (κ2) is 6.82. The van der Waals surface area contributed by atoms with Gasteiger partial charge in [-0.1, -0.05) is 61.4 Å². The van der Waals surface area contributed by atoms with E-state index < -0.39 is 0 Å². The van der Waals surface area contributed by atoms with Crippen molar-refractivity contribution in [3.05, 3.63) is 52.6 Å². The molecule has 4 aliphatic carbocycles. The Morgan fingerprint density at radius 1 is 0.966 bits per heavy atom. The van der Waals surface area contributed by atoms with Crippen LogP contribution in [0.1, 0.15) is 69.9 Å². The lowest BCUT2D eigenvalue weighted by molar-refractivity contribution is -0.0685. The average Bonchev–Trinajstić information content (AvgIpc) is 2.95. The summed E-state index contributed by atoms with van der Waals surface area (Å²) in [6.07, 6.45) is 11.7. The Hall–Kier alpha value is -1.38. The van der Waals surface area contributed by atoms with Crippen LogP contribution in [0.3, 0.4) is 0 Å². The first kappa shape index (κ1) is 19.6. The van der Waals surface area contributed by atoms with Crippen LogP contribution in [0, 0.1) is 35.5 Å². The molecule has 0 amide bonds. The molecule has 29 heavy (non-hydrogen) atoms. The second-order valence-electron chi connectivity index (χ2n) is 10.9. The molecule has 7 atom stereocenters. The number of rotatable bonds is 1. The molecule has 4 aliphatic rings. The summed E-state index contributed by atoms with van der Waals surface area (Å²) in [6, 6.07) is 8.66. The molecule has 7 unspecified atom stereocenters. The van der Waals surface area contributed by atoms with Crippen LogP contribution in [-0.4, -0.2) is 22.4 Å². The van der Waals surface area contributed by atoms with Crippen molar-refractivity contribution in [2.45, 2.75) is 77.9 Å². The first-order valence-corrected chi connectivity index (χ1v) is 11.6. The molecule has 1 aromatic carbocycles. The van der Waals surface area contributed by atoms with Crippen molar-refractivity contribution in [1.29, 1.82) is 0 Å². The fourth-order valence-corrected chi connectivity index (χ4v) is 7.52. The fraction of sp³-hybridized carbons (Fsp3) is 0.630. The fourth-order valence-electron chi connectivity index (χ4n) is 7.52. The number of fused-ring (bicyclic) bond motifs is 5. The van der Waals surface area contributed by atoms with Gasteiger partial charge < -0.3 is 10.2 Å². The Labute approximate surface area is 175 Å². The minimum absolute atomic E-state index is 0.00752. The van der Waals surface area contributed by atoms with Crippen LogP contribution in [-0.2, 0) is 0 Å². The molecule has 2 heteroatoms. The van der Waals surface area contributed by atoms with Crippen molar-refractivity contribution in [3.63, 3.8) is 0 Å². The van der Waals surface area contributed by atoms with Crippen molar-refractivity contribution >= 4 is 6.08 Å². The predicted octanol–water partition coefficient (Wildman–Crippen LogP) is 5.67.